The average Bonchev–Trinajstić information content (AvgIpc) is 2.48. The molecule has 2 rings (SSSR count). The van der Waals surface area contributed by atoms with E-state index in [0.717, 1.165) is 5.69 Å². The lowest BCUT2D eigenvalue weighted by atomic mass is 10.2. The van der Waals surface area contributed by atoms with Crippen LogP contribution in [0, 0.1) is 9.54 Å². The van der Waals surface area contributed by atoms with Crippen molar-refractivity contribution in [1.82, 2.24) is 15.0 Å². The Morgan fingerprint density at radius 1 is 1.13 bits per heavy atom. The second kappa shape index (κ2) is 8.16. The van der Waals surface area contributed by atoms with Gasteiger partial charge in [0.05, 0.1) is 0 Å². The van der Waals surface area contributed by atoms with Crippen LogP contribution in [0.15, 0.2) is 48.6 Å². The zero-order valence-electron chi connectivity index (χ0n) is 12.3. The topological polar surface area (TPSA) is 85.6 Å². The molecule has 23 heavy (non-hydrogen) atoms. The van der Waals surface area contributed by atoms with Gasteiger partial charge in [0.25, 0.3) is 0 Å². The van der Waals surface area contributed by atoms with Gasteiger partial charge in [0.2, 0.25) is 16.6 Å². The van der Waals surface area contributed by atoms with E-state index in [4.69, 9.17) is 24.4 Å². The van der Waals surface area contributed by atoms with Crippen molar-refractivity contribution in [2.45, 2.75) is 6.92 Å². The van der Waals surface area contributed by atoms with Crippen molar-refractivity contribution in [3.8, 4) is 0 Å². The van der Waals surface area contributed by atoms with E-state index in [-0.39, 0.29) is 5.91 Å². The maximum Gasteiger partial charge on any atom is 0.248 e. The van der Waals surface area contributed by atoms with Crippen LogP contribution in [-0.2, 0) is 4.79 Å². The minimum absolute atomic E-state index is 0.191. The van der Waals surface area contributed by atoms with Crippen molar-refractivity contribution in [1.29, 1.82) is 0 Å². The number of nitrogens with zero attached hydrogens (tertiary/aromatic N) is 1. The number of hydrogen-bond acceptors (Lipinski definition) is 5. The van der Waals surface area contributed by atoms with E-state index in [1.807, 2.05) is 25.1 Å². The van der Waals surface area contributed by atoms with Crippen LogP contribution < -0.4 is 10.6 Å². The van der Waals surface area contributed by atoms with Crippen LogP contribution in [0.3, 0.4) is 0 Å². The molecular formula is C15H15N5OS2. The number of H-pyrrole nitrogens is 2. The first-order valence-corrected chi connectivity index (χ1v) is 7.56. The quantitative estimate of drug-likeness (QED) is 0.374. The molecule has 0 saturated heterocycles. The number of carbonyl (C=O) groups is 1. The molecule has 8 heteroatoms. The van der Waals surface area contributed by atoms with Crippen molar-refractivity contribution in [2.24, 2.45) is 0 Å². The lowest BCUT2D eigenvalue weighted by Crippen LogP contribution is -2.07. The smallest absolute Gasteiger partial charge is 0.248 e. The Bertz CT molecular complexity index is 821. The first kappa shape index (κ1) is 16.8. The molecule has 0 atom stereocenters. The molecule has 1 aromatic carbocycles. The number of allylic oxidation sites excluding steroid dienone is 3. The van der Waals surface area contributed by atoms with E-state index in [1.54, 1.807) is 24.3 Å². The van der Waals surface area contributed by atoms with Gasteiger partial charge in [0, 0.05) is 17.5 Å². The van der Waals surface area contributed by atoms with Crippen molar-refractivity contribution in [2.75, 3.05) is 10.6 Å². The summed E-state index contributed by atoms with van der Waals surface area (Å²) in [4.78, 5) is 21.3. The minimum atomic E-state index is -0.191. The van der Waals surface area contributed by atoms with Crippen LogP contribution >= 0.6 is 24.4 Å². The maximum atomic E-state index is 11.6. The summed E-state index contributed by atoms with van der Waals surface area (Å²) in [5, 5.41) is 5.81. The third-order valence-electron chi connectivity index (χ3n) is 2.63. The molecule has 0 aliphatic rings. The number of amides is 1. The number of nitrogens with one attached hydrogen (secondary N) is 4. The fourth-order valence-electron chi connectivity index (χ4n) is 1.66. The van der Waals surface area contributed by atoms with E-state index in [0.29, 0.717) is 21.2 Å². The molecule has 0 unspecified atom stereocenters. The van der Waals surface area contributed by atoms with Gasteiger partial charge in [0.15, 0.2) is 4.77 Å². The van der Waals surface area contributed by atoms with Crippen LogP contribution in [0.4, 0.5) is 17.3 Å². The first-order valence-electron chi connectivity index (χ1n) is 6.75. The van der Waals surface area contributed by atoms with Crippen molar-refractivity contribution in [3.63, 3.8) is 0 Å². The second-order valence-corrected chi connectivity index (χ2v) is 5.22. The summed E-state index contributed by atoms with van der Waals surface area (Å²) in [5.74, 6) is 0.258. The minimum Gasteiger partial charge on any atom is -0.326 e. The largest absolute Gasteiger partial charge is 0.326 e. The molecule has 6 nitrogen and oxygen atoms in total. The molecule has 0 bridgehead atoms. The molecule has 0 aliphatic carbocycles. The summed E-state index contributed by atoms with van der Waals surface area (Å²) in [5.41, 5.74) is 1.48. The summed E-state index contributed by atoms with van der Waals surface area (Å²) in [6, 6.07) is 7.18. The van der Waals surface area contributed by atoms with Gasteiger partial charge in [-0.3, -0.25) is 4.79 Å². The highest BCUT2D eigenvalue weighted by molar-refractivity contribution is 7.71. The van der Waals surface area contributed by atoms with Gasteiger partial charge in [-0.05, 0) is 55.6 Å². The zero-order valence-corrected chi connectivity index (χ0v) is 13.9. The van der Waals surface area contributed by atoms with E-state index in [2.05, 4.69) is 25.6 Å². The molecule has 4 N–H and O–H groups in total. The van der Waals surface area contributed by atoms with Gasteiger partial charge in [-0.25, -0.2) is 0 Å². The monoisotopic (exact) mass is 345 g/mol. The number of anilines is 3. The van der Waals surface area contributed by atoms with Gasteiger partial charge in [0.1, 0.15) is 0 Å². The maximum absolute atomic E-state index is 11.6. The molecule has 2 aromatic rings. The van der Waals surface area contributed by atoms with Crippen LogP contribution in [0.1, 0.15) is 6.92 Å². The van der Waals surface area contributed by atoms with Crippen molar-refractivity contribution >= 4 is 47.7 Å². The summed E-state index contributed by atoms with van der Waals surface area (Å²) in [7, 11) is 0. The summed E-state index contributed by atoms with van der Waals surface area (Å²) < 4.78 is 0.692. The molecule has 1 aromatic heterocycles. The Kier molecular flexibility index (Phi) is 5.95. The molecular weight excluding hydrogens is 330 g/mol. The third-order valence-corrected chi connectivity index (χ3v) is 3.03. The van der Waals surface area contributed by atoms with Crippen LogP contribution in [0.2, 0.25) is 0 Å². The van der Waals surface area contributed by atoms with Gasteiger partial charge < -0.3 is 20.6 Å². The molecule has 0 aliphatic heterocycles. The number of aromatic nitrogens is 3. The van der Waals surface area contributed by atoms with Crippen LogP contribution in [0.25, 0.3) is 0 Å². The van der Waals surface area contributed by atoms with E-state index in [1.165, 1.54) is 6.08 Å². The van der Waals surface area contributed by atoms with Crippen molar-refractivity contribution < 1.29 is 4.79 Å². The third kappa shape index (κ3) is 5.61. The second-order valence-electron chi connectivity index (χ2n) is 4.42. The average molecular weight is 345 g/mol. The molecule has 0 spiro atoms. The fraction of sp³-hybridized carbons (Fsp3) is 0.0667. The molecule has 1 amide bonds. The predicted octanol–water partition coefficient (Wildman–Crippen LogP) is 4.01. The highest BCUT2D eigenvalue weighted by Gasteiger charge is 2.00. The number of benzene rings is 1. The van der Waals surface area contributed by atoms with Crippen LogP contribution in [-0.4, -0.2) is 20.9 Å². The lowest BCUT2D eigenvalue weighted by Gasteiger charge is -2.07. The van der Waals surface area contributed by atoms with E-state index < -0.39 is 0 Å². The normalized spacial score (nSPS) is 11.0. The number of hydrogen-bond donors (Lipinski definition) is 4. The van der Waals surface area contributed by atoms with E-state index in [9.17, 15) is 4.79 Å². The van der Waals surface area contributed by atoms with Crippen LogP contribution in [0.5, 0.6) is 0 Å². The standard InChI is InChI=1S/C15H15N5OS2/c1-2-3-4-5-12(21)16-10-6-8-11(9-7-10)17-13-18-14(22)20-15(23)19-13/h2-9H,1H3,(H,16,21)(H3,17,18,19,20,22,23). The fourth-order valence-corrected chi connectivity index (χ4v) is 2.12. The molecule has 0 radical (unpaired) electrons. The lowest BCUT2D eigenvalue weighted by molar-refractivity contribution is -0.111. The highest BCUT2D eigenvalue weighted by Crippen LogP contribution is 2.16. The van der Waals surface area contributed by atoms with E-state index >= 15 is 0 Å². The Labute approximate surface area is 143 Å². The van der Waals surface area contributed by atoms with Gasteiger partial charge in [-0.15, -0.1) is 0 Å². The summed E-state index contributed by atoms with van der Waals surface area (Å²) in [6.45, 7) is 1.88. The highest BCUT2D eigenvalue weighted by atomic mass is 32.1. The predicted molar refractivity (Wildman–Crippen MR) is 96.9 cm³/mol. The van der Waals surface area contributed by atoms with Crippen molar-refractivity contribution in [3.05, 3.63) is 58.1 Å². The van der Waals surface area contributed by atoms with Gasteiger partial charge in [-0.2, -0.15) is 4.98 Å². The molecule has 1 heterocycles. The van der Waals surface area contributed by atoms with Gasteiger partial charge >= 0.3 is 0 Å². The SMILES string of the molecule is CC=CC=CC(=O)Nc1ccc(Nc2nc(=S)[nH]c(=S)[nH]2)cc1. The zero-order chi connectivity index (χ0) is 16.7. The molecule has 0 saturated carbocycles. The Morgan fingerprint density at radius 3 is 2.48 bits per heavy atom. The Hall–Kier alpha value is -2.58. The molecule has 118 valence electrons. The Balaban J connectivity index is 2.03. The summed E-state index contributed by atoms with van der Waals surface area (Å²) >= 11 is 9.96. The number of carbonyl (C=O) groups excluding carboxylic acids is 1. The first-order chi connectivity index (χ1) is 11.1. The summed E-state index contributed by atoms with van der Waals surface area (Å²) in [6.07, 6.45) is 6.77. The number of rotatable bonds is 5. The number of aromatic amines is 2. The van der Waals surface area contributed by atoms with Gasteiger partial charge in [-0.1, -0.05) is 18.2 Å². The Morgan fingerprint density at radius 2 is 1.83 bits per heavy atom. The molecule has 0 fully saturated rings.